The Morgan fingerprint density at radius 2 is 1.49 bits per heavy atom. The number of carbonyl (C=O) groups excluding carboxylic acids is 1. The van der Waals surface area contributed by atoms with E-state index in [1.807, 2.05) is 42.2 Å². The highest BCUT2D eigenvalue weighted by Crippen LogP contribution is 2.57. The summed E-state index contributed by atoms with van der Waals surface area (Å²) < 4.78 is 1.77. The first-order valence-corrected chi connectivity index (χ1v) is 17.3. The third-order valence-corrected chi connectivity index (χ3v) is 11.7. The van der Waals surface area contributed by atoms with Gasteiger partial charge in [0.15, 0.2) is 5.69 Å². The van der Waals surface area contributed by atoms with Gasteiger partial charge in [-0.1, -0.05) is 53.4 Å². The van der Waals surface area contributed by atoms with E-state index in [1.165, 1.54) is 51.4 Å². The van der Waals surface area contributed by atoms with Gasteiger partial charge in [-0.25, -0.2) is 4.68 Å². The summed E-state index contributed by atoms with van der Waals surface area (Å²) in [6.07, 6.45) is 11.7. The molecule has 5 fully saturated rings. The van der Waals surface area contributed by atoms with Crippen LogP contribution in [0, 0.1) is 36.5 Å². The summed E-state index contributed by atoms with van der Waals surface area (Å²) in [4.78, 5) is 18.4. The molecule has 8 rings (SSSR count). The van der Waals surface area contributed by atoms with E-state index in [2.05, 4.69) is 4.90 Å². The van der Waals surface area contributed by atoms with Crippen LogP contribution in [0.2, 0.25) is 15.1 Å². The van der Waals surface area contributed by atoms with Gasteiger partial charge in [-0.3, -0.25) is 9.69 Å². The summed E-state index contributed by atoms with van der Waals surface area (Å²) in [6.45, 7) is 6.37. The molecule has 2 aromatic carbocycles. The zero-order valence-electron chi connectivity index (χ0n) is 25.0. The van der Waals surface area contributed by atoms with Crippen molar-refractivity contribution < 1.29 is 4.79 Å². The predicted molar refractivity (Wildman–Crippen MR) is 175 cm³/mol. The number of rotatable bonds is 8. The Labute approximate surface area is 270 Å². The average molecular weight is 640 g/mol. The summed E-state index contributed by atoms with van der Waals surface area (Å²) in [6, 6.07) is 12.9. The average Bonchev–Trinajstić information content (AvgIpc) is 3.33. The third kappa shape index (κ3) is 6.00. The molecule has 0 atom stereocenters. The van der Waals surface area contributed by atoms with Crippen LogP contribution in [0.4, 0.5) is 0 Å². The number of nitrogens with zero attached hydrogens (tertiary/aromatic N) is 4. The fourth-order valence-corrected chi connectivity index (χ4v) is 9.64. The van der Waals surface area contributed by atoms with Crippen molar-refractivity contribution in [3.05, 3.63) is 68.8 Å². The molecular weight excluding hydrogens is 599 g/mol. The zero-order valence-corrected chi connectivity index (χ0v) is 27.2. The highest BCUT2D eigenvalue weighted by molar-refractivity contribution is 6.35. The number of hydrogen-bond donors (Lipinski definition) is 0. The maximum atomic E-state index is 13.9. The van der Waals surface area contributed by atoms with Crippen LogP contribution in [-0.4, -0.2) is 58.2 Å². The van der Waals surface area contributed by atoms with Crippen LogP contribution < -0.4 is 0 Å². The summed E-state index contributed by atoms with van der Waals surface area (Å²) >= 11 is 19.0. The minimum Gasteiger partial charge on any atom is -0.335 e. The number of carbonyl (C=O) groups is 1. The summed E-state index contributed by atoms with van der Waals surface area (Å²) in [5.74, 6) is 5.18. The number of benzene rings is 2. The maximum Gasteiger partial charge on any atom is 0.274 e. The van der Waals surface area contributed by atoms with E-state index in [1.54, 1.807) is 16.8 Å². The van der Waals surface area contributed by atoms with Crippen molar-refractivity contribution >= 4 is 40.7 Å². The van der Waals surface area contributed by atoms with Gasteiger partial charge < -0.3 is 4.90 Å². The predicted octanol–water partition coefficient (Wildman–Crippen LogP) is 8.81. The van der Waals surface area contributed by atoms with Crippen molar-refractivity contribution in [2.24, 2.45) is 29.6 Å². The monoisotopic (exact) mass is 638 g/mol. The first-order chi connectivity index (χ1) is 20.8. The molecule has 1 saturated heterocycles. The molecule has 4 bridgehead atoms. The number of unbranched alkanes of at least 4 members (excludes halogenated alkanes) is 1. The van der Waals surface area contributed by atoms with E-state index >= 15 is 0 Å². The van der Waals surface area contributed by atoms with E-state index in [9.17, 15) is 4.79 Å². The molecule has 0 spiro atoms. The largest absolute Gasteiger partial charge is 0.335 e. The van der Waals surface area contributed by atoms with Crippen LogP contribution in [0.3, 0.4) is 0 Å². The van der Waals surface area contributed by atoms with Gasteiger partial charge in [0.1, 0.15) is 0 Å². The highest BCUT2D eigenvalue weighted by Gasteiger charge is 2.47. The molecule has 2 heterocycles. The minimum absolute atomic E-state index is 0.0295. The van der Waals surface area contributed by atoms with Gasteiger partial charge >= 0.3 is 0 Å². The lowest BCUT2D eigenvalue weighted by atomic mass is 9.51. The van der Waals surface area contributed by atoms with Crippen LogP contribution in [0.25, 0.3) is 16.9 Å². The molecule has 5 nitrogen and oxygen atoms in total. The zero-order chi connectivity index (χ0) is 29.7. The van der Waals surface area contributed by atoms with Gasteiger partial charge in [0, 0.05) is 47.4 Å². The molecule has 8 heteroatoms. The molecule has 0 unspecified atom stereocenters. The van der Waals surface area contributed by atoms with Crippen molar-refractivity contribution in [3.8, 4) is 16.9 Å². The van der Waals surface area contributed by atoms with Crippen LogP contribution in [-0.2, 0) is 0 Å². The van der Waals surface area contributed by atoms with Crippen LogP contribution in [0.1, 0.15) is 67.4 Å². The van der Waals surface area contributed by atoms with Gasteiger partial charge in [-0.05, 0) is 118 Å². The van der Waals surface area contributed by atoms with Crippen LogP contribution >= 0.6 is 34.8 Å². The second kappa shape index (κ2) is 12.4. The van der Waals surface area contributed by atoms with Crippen LogP contribution in [0.5, 0.6) is 0 Å². The molecular formula is C35H41Cl3N4O. The quantitative estimate of drug-likeness (QED) is 0.231. The highest BCUT2D eigenvalue weighted by atomic mass is 35.5. The summed E-state index contributed by atoms with van der Waals surface area (Å²) in [5, 5.41) is 6.53. The van der Waals surface area contributed by atoms with Crippen molar-refractivity contribution in [3.63, 3.8) is 0 Å². The second-order valence-corrected chi connectivity index (χ2v) is 14.8. The van der Waals surface area contributed by atoms with E-state index in [0.29, 0.717) is 26.4 Å². The van der Waals surface area contributed by atoms with Gasteiger partial charge in [-0.2, -0.15) is 5.10 Å². The van der Waals surface area contributed by atoms with Crippen molar-refractivity contribution in [2.45, 2.75) is 58.3 Å². The van der Waals surface area contributed by atoms with Gasteiger partial charge in [0.2, 0.25) is 0 Å². The van der Waals surface area contributed by atoms with Crippen LogP contribution in [0.15, 0.2) is 42.5 Å². The molecule has 5 aliphatic rings. The lowest BCUT2D eigenvalue weighted by molar-refractivity contribution is -0.0406. The topological polar surface area (TPSA) is 41.4 Å². The number of piperazine rings is 1. The number of amides is 1. The molecule has 43 heavy (non-hydrogen) atoms. The van der Waals surface area contributed by atoms with E-state index in [0.717, 1.165) is 79.1 Å². The van der Waals surface area contributed by atoms with Gasteiger partial charge in [-0.15, -0.1) is 0 Å². The maximum absolute atomic E-state index is 13.9. The van der Waals surface area contributed by atoms with Crippen molar-refractivity contribution in [1.29, 1.82) is 0 Å². The Bertz CT molecular complexity index is 1450. The lowest BCUT2D eigenvalue weighted by Crippen LogP contribution is -2.49. The molecule has 4 saturated carbocycles. The molecule has 1 aromatic heterocycles. The Balaban J connectivity index is 0.987. The minimum atomic E-state index is -0.0295. The first-order valence-electron chi connectivity index (χ1n) is 16.2. The molecule has 228 valence electrons. The lowest BCUT2D eigenvalue weighted by Gasteiger charge is -2.54. The fourth-order valence-electron chi connectivity index (χ4n) is 9.02. The van der Waals surface area contributed by atoms with E-state index in [4.69, 9.17) is 39.9 Å². The molecule has 4 aliphatic carbocycles. The summed E-state index contributed by atoms with van der Waals surface area (Å²) in [7, 11) is 0. The number of hydrogen-bond acceptors (Lipinski definition) is 3. The fraction of sp³-hybridized carbons (Fsp3) is 0.543. The molecule has 0 radical (unpaired) electrons. The Hall–Kier alpha value is -2.05. The standard InChI is InChI=1S/C35H41Cl3N4O/c1-22-33(39-42(32-10-9-29(37)21-31(32)38)34(22)25-5-7-28(36)8-6-25)35(43)41-14-12-40(13-15-41)11-3-2-4-30-26-17-23-16-24(19-26)20-27(30)18-23/h5-10,21,23-24,26-27,30H,2-4,11-20H2,1H3. The Morgan fingerprint density at radius 3 is 2.14 bits per heavy atom. The Kier molecular flexibility index (Phi) is 8.54. The summed E-state index contributed by atoms with van der Waals surface area (Å²) in [5.41, 5.74) is 3.70. The normalized spacial score (nSPS) is 26.8. The van der Waals surface area contributed by atoms with Gasteiger partial charge in [0.05, 0.1) is 16.4 Å². The van der Waals surface area contributed by atoms with E-state index in [-0.39, 0.29) is 5.91 Å². The van der Waals surface area contributed by atoms with Crippen molar-refractivity contribution in [2.75, 3.05) is 32.7 Å². The SMILES string of the molecule is Cc1c(C(=O)N2CCN(CCCCC3C4CC5CC(C4)CC3C5)CC2)nn(-c2ccc(Cl)cc2Cl)c1-c1ccc(Cl)cc1. The molecule has 1 amide bonds. The third-order valence-electron chi connectivity index (χ3n) is 10.9. The first kappa shape index (κ1) is 29.6. The van der Waals surface area contributed by atoms with E-state index < -0.39 is 0 Å². The number of aromatic nitrogens is 2. The van der Waals surface area contributed by atoms with Crippen molar-refractivity contribution in [1.82, 2.24) is 19.6 Å². The number of halogens is 3. The Morgan fingerprint density at radius 1 is 0.837 bits per heavy atom. The molecule has 0 N–H and O–H groups in total. The second-order valence-electron chi connectivity index (χ2n) is 13.6. The molecule has 1 aliphatic heterocycles. The molecule has 3 aromatic rings. The smallest absolute Gasteiger partial charge is 0.274 e. The van der Waals surface area contributed by atoms with Gasteiger partial charge in [0.25, 0.3) is 5.91 Å².